The zero-order valence-electron chi connectivity index (χ0n) is 13.8. The topological polar surface area (TPSA) is 15.7 Å². The number of methoxy groups -OCH3 is 1. The first-order valence-corrected chi connectivity index (χ1v) is 8.81. The quantitative estimate of drug-likeness (QED) is 0.801. The van der Waals surface area contributed by atoms with Crippen molar-refractivity contribution in [1.82, 2.24) is 4.90 Å². The number of piperazine rings is 1. The Morgan fingerprint density at radius 1 is 1.04 bits per heavy atom. The molecule has 0 aliphatic carbocycles. The molecule has 23 heavy (non-hydrogen) atoms. The molecule has 2 aromatic rings. The van der Waals surface area contributed by atoms with Crippen molar-refractivity contribution >= 4 is 21.6 Å². The van der Waals surface area contributed by atoms with Crippen LogP contribution < -0.4 is 9.64 Å². The number of halogens is 1. The maximum Gasteiger partial charge on any atom is 0.133 e. The lowest BCUT2D eigenvalue weighted by Crippen LogP contribution is -2.45. The van der Waals surface area contributed by atoms with Crippen molar-refractivity contribution in [2.75, 3.05) is 38.2 Å². The van der Waals surface area contributed by atoms with Crippen LogP contribution in [0.25, 0.3) is 0 Å². The minimum atomic E-state index is 0.887. The monoisotopic (exact) mass is 374 g/mol. The van der Waals surface area contributed by atoms with Gasteiger partial charge in [-0.25, -0.2) is 0 Å². The Labute approximate surface area is 147 Å². The van der Waals surface area contributed by atoms with Gasteiger partial charge in [0.05, 0.1) is 11.6 Å². The highest BCUT2D eigenvalue weighted by molar-refractivity contribution is 9.10. The summed E-state index contributed by atoms with van der Waals surface area (Å²) in [6.45, 7) is 7.50. The Balaban J connectivity index is 1.58. The van der Waals surface area contributed by atoms with Gasteiger partial charge in [-0.15, -0.1) is 0 Å². The highest BCUT2D eigenvalue weighted by Gasteiger charge is 2.17. The van der Waals surface area contributed by atoms with Crippen LogP contribution in [0, 0.1) is 6.92 Å². The van der Waals surface area contributed by atoms with E-state index in [1.807, 2.05) is 6.07 Å². The molecule has 0 bridgehead atoms. The molecule has 0 radical (unpaired) electrons. The lowest BCUT2D eigenvalue weighted by molar-refractivity contribution is 0.249. The van der Waals surface area contributed by atoms with E-state index in [9.17, 15) is 0 Å². The summed E-state index contributed by atoms with van der Waals surface area (Å²) in [7, 11) is 1.70. The van der Waals surface area contributed by atoms with Gasteiger partial charge in [0.25, 0.3) is 0 Å². The second-order valence-electron chi connectivity index (χ2n) is 6.07. The lowest BCUT2D eigenvalue weighted by atomic mass is 10.1. The summed E-state index contributed by atoms with van der Waals surface area (Å²) in [5.74, 6) is 0.887. The summed E-state index contributed by atoms with van der Waals surface area (Å²) in [5.41, 5.74) is 3.99. The smallest absolute Gasteiger partial charge is 0.133 e. The van der Waals surface area contributed by atoms with Crippen LogP contribution in [-0.2, 0) is 6.54 Å². The maximum absolute atomic E-state index is 5.30. The van der Waals surface area contributed by atoms with Crippen molar-refractivity contribution in [3.63, 3.8) is 0 Å². The Morgan fingerprint density at radius 2 is 1.83 bits per heavy atom. The zero-order chi connectivity index (χ0) is 16.2. The van der Waals surface area contributed by atoms with Crippen LogP contribution in [0.15, 0.2) is 46.9 Å². The fourth-order valence-corrected chi connectivity index (χ4v) is 3.64. The molecule has 1 aliphatic rings. The van der Waals surface area contributed by atoms with Gasteiger partial charge in [0.15, 0.2) is 0 Å². The average molecular weight is 375 g/mol. The Morgan fingerprint density at radius 3 is 2.48 bits per heavy atom. The largest absolute Gasteiger partial charge is 0.496 e. The summed E-state index contributed by atoms with van der Waals surface area (Å²) < 4.78 is 6.32. The lowest BCUT2D eigenvalue weighted by Gasteiger charge is -2.36. The summed E-state index contributed by atoms with van der Waals surface area (Å²) in [6, 6.07) is 15.1. The van der Waals surface area contributed by atoms with Gasteiger partial charge in [-0.1, -0.05) is 18.2 Å². The van der Waals surface area contributed by atoms with E-state index < -0.39 is 0 Å². The minimum absolute atomic E-state index is 0.887. The standard InChI is InChI=1S/C19H23BrN2O/c1-15-4-3-5-17(12-15)22-10-8-21(9-11-22)14-16-6-7-19(23-2)18(20)13-16/h3-7,12-13H,8-11,14H2,1-2H3. The van der Waals surface area contributed by atoms with Gasteiger partial charge in [-0.2, -0.15) is 0 Å². The molecular weight excluding hydrogens is 352 g/mol. The van der Waals surface area contributed by atoms with E-state index in [2.05, 4.69) is 69.1 Å². The van der Waals surface area contributed by atoms with E-state index in [1.54, 1.807) is 7.11 Å². The predicted molar refractivity (Wildman–Crippen MR) is 99.4 cm³/mol. The molecule has 0 amide bonds. The minimum Gasteiger partial charge on any atom is -0.496 e. The second kappa shape index (κ2) is 7.37. The van der Waals surface area contributed by atoms with E-state index in [-0.39, 0.29) is 0 Å². The highest BCUT2D eigenvalue weighted by atomic mass is 79.9. The molecule has 0 atom stereocenters. The molecule has 0 unspecified atom stereocenters. The molecule has 3 rings (SSSR count). The first-order valence-electron chi connectivity index (χ1n) is 8.02. The number of rotatable bonds is 4. The molecule has 0 spiro atoms. The van der Waals surface area contributed by atoms with E-state index in [1.165, 1.54) is 16.8 Å². The molecule has 1 aliphatic heterocycles. The van der Waals surface area contributed by atoms with Crippen LogP contribution in [0.1, 0.15) is 11.1 Å². The van der Waals surface area contributed by atoms with E-state index in [0.29, 0.717) is 0 Å². The number of anilines is 1. The fourth-order valence-electron chi connectivity index (χ4n) is 3.06. The Bertz CT molecular complexity index is 666. The molecule has 3 nitrogen and oxygen atoms in total. The van der Waals surface area contributed by atoms with Gasteiger partial charge in [0.2, 0.25) is 0 Å². The normalized spacial score (nSPS) is 15.7. The molecule has 0 aromatic heterocycles. The third-order valence-electron chi connectivity index (χ3n) is 4.36. The van der Waals surface area contributed by atoms with Gasteiger partial charge < -0.3 is 9.64 Å². The van der Waals surface area contributed by atoms with Gasteiger partial charge in [-0.3, -0.25) is 4.90 Å². The van der Waals surface area contributed by atoms with Gasteiger partial charge in [-0.05, 0) is 58.2 Å². The predicted octanol–water partition coefficient (Wildman–Crippen LogP) is 4.09. The van der Waals surface area contributed by atoms with Crippen LogP contribution in [0.4, 0.5) is 5.69 Å². The van der Waals surface area contributed by atoms with Gasteiger partial charge >= 0.3 is 0 Å². The molecule has 1 fully saturated rings. The molecule has 122 valence electrons. The number of nitrogens with zero attached hydrogens (tertiary/aromatic N) is 2. The highest BCUT2D eigenvalue weighted by Crippen LogP contribution is 2.26. The first-order chi connectivity index (χ1) is 11.2. The molecular formula is C19H23BrN2O. The third-order valence-corrected chi connectivity index (χ3v) is 4.98. The summed E-state index contributed by atoms with van der Waals surface area (Å²) in [5, 5.41) is 0. The Hall–Kier alpha value is -1.52. The first kappa shape index (κ1) is 16.3. The maximum atomic E-state index is 5.30. The summed E-state index contributed by atoms with van der Waals surface area (Å²) in [6.07, 6.45) is 0. The average Bonchev–Trinajstić information content (AvgIpc) is 2.56. The number of benzene rings is 2. The van der Waals surface area contributed by atoms with E-state index in [4.69, 9.17) is 4.74 Å². The molecule has 1 saturated heterocycles. The van der Waals surface area contributed by atoms with Crippen molar-refractivity contribution in [2.45, 2.75) is 13.5 Å². The van der Waals surface area contributed by atoms with Crippen LogP contribution in [-0.4, -0.2) is 38.2 Å². The summed E-state index contributed by atoms with van der Waals surface area (Å²) in [4.78, 5) is 4.99. The molecule has 1 heterocycles. The number of hydrogen-bond donors (Lipinski definition) is 0. The van der Waals surface area contributed by atoms with Gasteiger partial charge in [0.1, 0.15) is 5.75 Å². The fraction of sp³-hybridized carbons (Fsp3) is 0.368. The van der Waals surface area contributed by atoms with Crippen LogP contribution in [0.3, 0.4) is 0 Å². The SMILES string of the molecule is COc1ccc(CN2CCN(c3cccc(C)c3)CC2)cc1Br. The van der Waals surface area contributed by atoms with Crippen molar-refractivity contribution in [1.29, 1.82) is 0 Å². The molecule has 4 heteroatoms. The van der Waals surface area contributed by atoms with E-state index in [0.717, 1.165) is 42.9 Å². The number of ether oxygens (including phenoxy) is 1. The Kier molecular flexibility index (Phi) is 5.23. The summed E-state index contributed by atoms with van der Waals surface area (Å²) >= 11 is 3.57. The molecule has 0 N–H and O–H groups in total. The second-order valence-corrected chi connectivity index (χ2v) is 6.93. The van der Waals surface area contributed by atoms with Crippen LogP contribution in [0.5, 0.6) is 5.75 Å². The van der Waals surface area contributed by atoms with E-state index >= 15 is 0 Å². The van der Waals surface area contributed by atoms with Crippen molar-refractivity contribution < 1.29 is 4.74 Å². The van der Waals surface area contributed by atoms with Crippen molar-refractivity contribution in [2.24, 2.45) is 0 Å². The number of hydrogen-bond acceptors (Lipinski definition) is 3. The van der Waals surface area contributed by atoms with Crippen molar-refractivity contribution in [3.8, 4) is 5.75 Å². The van der Waals surface area contributed by atoms with Gasteiger partial charge in [0, 0.05) is 38.4 Å². The van der Waals surface area contributed by atoms with Crippen LogP contribution >= 0.6 is 15.9 Å². The zero-order valence-corrected chi connectivity index (χ0v) is 15.3. The molecule has 0 saturated carbocycles. The third kappa shape index (κ3) is 4.06. The molecule has 2 aromatic carbocycles. The van der Waals surface area contributed by atoms with Crippen molar-refractivity contribution in [3.05, 3.63) is 58.1 Å². The van der Waals surface area contributed by atoms with Crippen LogP contribution in [0.2, 0.25) is 0 Å². The number of aryl methyl sites for hydroxylation is 1.